The summed E-state index contributed by atoms with van der Waals surface area (Å²) in [6.45, 7) is 7.05. The van der Waals surface area contributed by atoms with E-state index in [2.05, 4.69) is 9.83 Å². The van der Waals surface area contributed by atoms with Crippen LogP contribution >= 0.6 is 0 Å². The largest absolute Gasteiger partial charge is 0.417 e. The second kappa shape index (κ2) is 9.58. The summed E-state index contributed by atoms with van der Waals surface area (Å²) >= 11 is 0. The van der Waals surface area contributed by atoms with Crippen molar-refractivity contribution in [3.8, 4) is 0 Å². The van der Waals surface area contributed by atoms with Gasteiger partial charge in [-0.05, 0) is 42.0 Å². The molecule has 1 unspecified atom stereocenters. The molecule has 0 saturated carbocycles. The lowest BCUT2D eigenvalue weighted by molar-refractivity contribution is -0.137. The molecule has 0 radical (unpaired) electrons. The smallest absolute Gasteiger partial charge is 0.378 e. The van der Waals surface area contributed by atoms with Crippen molar-refractivity contribution in [1.82, 2.24) is 4.98 Å². The molecule has 0 aliphatic carbocycles. The molecule has 5 nitrogen and oxygen atoms in total. The SMILES string of the molecule is [C-]#[N+]c1ccc(N(CCc2ccc(C(F)(F)F)cn2)C(=O)C(O)c2ccc(F)cc2)cc1. The van der Waals surface area contributed by atoms with E-state index in [9.17, 15) is 27.5 Å². The van der Waals surface area contributed by atoms with Gasteiger partial charge in [0.05, 0.1) is 12.1 Å². The van der Waals surface area contributed by atoms with Crippen molar-refractivity contribution in [3.63, 3.8) is 0 Å². The Labute approximate surface area is 181 Å². The predicted octanol–water partition coefficient (Wildman–Crippen LogP) is 5.10. The summed E-state index contributed by atoms with van der Waals surface area (Å²) in [6.07, 6.45) is -5.25. The highest BCUT2D eigenvalue weighted by atomic mass is 19.4. The van der Waals surface area contributed by atoms with E-state index in [4.69, 9.17) is 6.57 Å². The van der Waals surface area contributed by atoms with Gasteiger partial charge in [-0.2, -0.15) is 13.2 Å². The van der Waals surface area contributed by atoms with Gasteiger partial charge in [0.2, 0.25) is 0 Å². The Kier molecular flexibility index (Phi) is 6.85. The van der Waals surface area contributed by atoms with E-state index in [0.717, 1.165) is 24.4 Å². The number of aliphatic hydroxyl groups excluding tert-OH is 1. The highest BCUT2D eigenvalue weighted by Gasteiger charge is 2.31. The minimum atomic E-state index is -4.50. The van der Waals surface area contributed by atoms with Crippen LogP contribution in [0.15, 0.2) is 66.9 Å². The summed E-state index contributed by atoms with van der Waals surface area (Å²) in [5.74, 6) is -1.23. The lowest BCUT2D eigenvalue weighted by Gasteiger charge is -2.26. The number of anilines is 1. The Morgan fingerprint density at radius 2 is 1.72 bits per heavy atom. The van der Waals surface area contributed by atoms with Gasteiger partial charge in [0.15, 0.2) is 11.8 Å². The molecule has 3 aromatic rings. The number of rotatable bonds is 6. The first-order chi connectivity index (χ1) is 15.2. The van der Waals surface area contributed by atoms with Gasteiger partial charge >= 0.3 is 6.18 Å². The Hall–Kier alpha value is -3.77. The molecule has 3 rings (SSSR count). The van der Waals surface area contributed by atoms with Crippen LogP contribution in [0.3, 0.4) is 0 Å². The molecule has 1 atom stereocenters. The number of amides is 1. The van der Waals surface area contributed by atoms with Crippen molar-refractivity contribution in [3.05, 3.63) is 101 Å². The van der Waals surface area contributed by atoms with Crippen LogP contribution in [0.1, 0.15) is 22.9 Å². The Balaban J connectivity index is 1.84. The maximum atomic E-state index is 13.2. The van der Waals surface area contributed by atoms with E-state index < -0.39 is 29.6 Å². The summed E-state index contributed by atoms with van der Waals surface area (Å²) in [7, 11) is 0. The molecule has 2 aromatic carbocycles. The number of hydrogen-bond donors (Lipinski definition) is 1. The van der Waals surface area contributed by atoms with Gasteiger partial charge in [-0.15, -0.1) is 0 Å². The molecule has 9 heteroatoms. The van der Waals surface area contributed by atoms with Crippen molar-refractivity contribution in [2.24, 2.45) is 0 Å². The average molecular weight is 443 g/mol. The highest BCUT2D eigenvalue weighted by Crippen LogP contribution is 2.29. The molecule has 1 heterocycles. The second-order valence-corrected chi connectivity index (χ2v) is 6.86. The van der Waals surface area contributed by atoms with Crippen molar-refractivity contribution < 1.29 is 27.5 Å². The second-order valence-electron chi connectivity index (χ2n) is 6.86. The van der Waals surface area contributed by atoms with Gasteiger partial charge in [-0.1, -0.05) is 24.3 Å². The molecule has 0 fully saturated rings. The molecule has 0 aliphatic heterocycles. The van der Waals surface area contributed by atoms with Crippen LogP contribution in [-0.2, 0) is 17.4 Å². The fourth-order valence-electron chi connectivity index (χ4n) is 2.98. The zero-order valence-corrected chi connectivity index (χ0v) is 16.6. The van der Waals surface area contributed by atoms with Crippen molar-refractivity contribution in [2.75, 3.05) is 11.4 Å². The first-order valence-electron chi connectivity index (χ1n) is 9.43. The first-order valence-corrected chi connectivity index (χ1v) is 9.43. The first kappa shape index (κ1) is 22.9. The van der Waals surface area contributed by atoms with Gasteiger partial charge in [0.25, 0.3) is 5.91 Å². The van der Waals surface area contributed by atoms with Crippen LogP contribution in [0.2, 0.25) is 0 Å². The fourth-order valence-corrected chi connectivity index (χ4v) is 2.98. The van der Waals surface area contributed by atoms with Gasteiger partial charge < -0.3 is 10.0 Å². The lowest BCUT2D eigenvalue weighted by Crippen LogP contribution is -2.37. The summed E-state index contributed by atoms with van der Waals surface area (Å²) in [5, 5.41) is 10.5. The number of aromatic nitrogens is 1. The number of nitrogens with zero attached hydrogens (tertiary/aromatic N) is 3. The molecule has 0 saturated heterocycles. The minimum absolute atomic E-state index is 0.00676. The van der Waals surface area contributed by atoms with Crippen LogP contribution in [0.25, 0.3) is 4.85 Å². The zero-order valence-electron chi connectivity index (χ0n) is 16.6. The fraction of sp³-hybridized carbons (Fsp3) is 0.174. The molecule has 1 amide bonds. The average Bonchev–Trinajstić information content (AvgIpc) is 2.79. The van der Waals surface area contributed by atoms with E-state index in [1.54, 1.807) is 0 Å². The normalized spacial score (nSPS) is 12.1. The molecule has 164 valence electrons. The zero-order chi connectivity index (χ0) is 23.3. The number of carbonyl (C=O) groups excluding carboxylic acids is 1. The Morgan fingerprint density at radius 1 is 1.06 bits per heavy atom. The predicted molar refractivity (Wildman–Crippen MR) is 109 cm³/mol. The summed E-state index contributed by atoms with van der Waals surface area (Å²) < 4.78 is 51.4. The molecule has 0 spiro atoms. The van der Waals surface area contributed by atoms with Gasteiger partial charge in [0.1, 0.15) is 5.82 Å². The van der Waals surface area contributed by atoms with Crippen LogP contribution in [-0.4, -0.2) is 22.5 Å². The summed E-state index contributed by atoms with van der Waals surface area (Å²) in [5.41, 5.74) is 0.368. The molecular formula is C23H17F4N3O2. The maximum Gasteiger partial charge on any atom is 0.417 e. The van der Waals surface area contributed by atoms with Gasteiger partial charge in [-0.3, -0.25) is 9.78 Å². The Morgan fingerprint density at radius 3 is 2.25 bits per heavy atom. The van der Waals surface area contributed by atoms with E-state index >= 15 is 0 Å². The third-order valence-electron chi connectivity index (χ3n) is 4.72. The maximum absolute atomic E-state index is 13.2. The third-order valence-corrected chi connectivity index (χ3v) is 4.72. The molecule has 0 aliphatic rings. The lowest BCUT2D eigenvalue weighted by atomic mass is 10.1. The van der Waals surface area contributed by atoms with Crippen LogP contribution in [0, 0.1) is 12.4 Å². The number of alkyl halides is 3. The summed E-state index contributed by atoms with van der Waals surface area (Å²) in [6, 6.07) is 13.0. The minimum Gasteiger partial charge on any atom is -0.378 e. The topological polar surface area (TPSA) is 57.8 Å². The van der Waals surface area contributed by atoms with Crippen LogP contribution < -0.4 is 4.90 Å². The van der Waals surface area contributed by atoms with Crippen molar-refractivity contribution in [1.29, 1.82) is 0 Å². The number of hydrogen-bond acceptors (Lipinski definition) is 3. The molecule has 32 heavy (non-hydrogen) atoms. The van der Waals surface area contributed by atoms with E-state index in [1.807, 2.05) is 0 Å². The Bertz CT molecular complexity index is 1110. The molecule has 1 N–H and O–H groups in total. The van der Waals surface area contributed by atoms with Crippen molar-refractivity contribution in [2.45, 2.75) is 18.7 Å². The van der Waals surface area contributed by atoms with E-state index in [0.29, 0.717) is 17.1 Å². The third kappa shape index (κ3) is 5.47. The number of pyridine rings is 1. The number of benzene rings is 2. The van der Waals surface area contributed by atoms with E-state index in [-0.39, 0.29) is 18.5 Å². The van der Waals surface area contributed by atoms with Crippen molar-refractivity contribution >= 4 is 17.3 Å². The quantitative estimate of drug-likeness (QED) is 0.426. The highest BCUT2D eigenvalue weighted by molar-refractivity contribution is 5.97. The van der Waals surface area contributed by atoms with Gasteiger partial charge in [-0.25, -0.2) is 9.24 Å². The number of halogens is 4. The van der Waals surface area contributed by atoms with Gasteiger partial charge in [0, 0.05) is 30.5 Å². The van der Waals surface area contributed by atoms with E-state index in [1.165, 1.54) is 47.4 Å². The number of carbonyl (C=O) groups is 1. The monoisotopic (exact) mass is 443 g/mol. The number of aliphatic hydroxyl groups is 1. The molecular weight excluding hydrogens is 426 g/mol. The molecule has 1 aromatic heterocycles. The summed E-state index contributed by atoms with van der Waals surface area (Å²) in [4.78, 5) is 21.4. The molecule has 0 bridgehead atoms. The van der Waals surface area contributed by atoms with Crippen LogP contribution in [0.5, 0.6) is 0 Å². The standard InChI is InChI=1S/C23H17F4N3O2/c1-28-18-8-10-20(11-9-18)30(22(32)21(31)15-2-5-17(24)6-3-15)13-12-19-7-4-16(14-29-19)23(25,26)27/h2-11,14,21,31H,12-13H2. The van der Waals surface area contributed by atoms with Crippen LogP contribution in [0.4, 0.5) is 28.9 Å².